The van der Waals surface area contributed by atoms with E-state index in [0.29, 0.717) is 40.2 Å². The van der Waals surface area contributed by atoms with Crippen LogP contribution in [0.4, 0.5) is 11.4 Å². The molecule has 0 bridgehead atoms. The number of allylic oxidation sites excluding steroid dienone is 1. The van der Waals surface area contributed by atoms with Crippen LogP contribution in [0.2, 0.25) is 0 Å². The lowest BCUT2D eigenvalue weighted by atomic mass is 9.86. The second kappa shape index (κ2) is 8.80. The Labute approximate surface area is 189 Å². The van der Waals surface area contributed by atoms with E-state index < -0.39 is 10.8 Å². The molecule has 10 heteroatoms. The number of rotatable bonds is 5. The SMILES string of the molecule is COc1ccc(N2CSC3=C(C#N)[C@H](c4ccc([N+](=O)[O-])cc4)CC(=O)N3C2)c(OC)c1. The molecule has 0 aliphatic carbocycles. The van der Waals surface area contributed by atoms with Crippen molar-refractivity contribution in [3.63, 3.8) is 0 Å². The lowest BCUT2D eigenvalue weighted by Crippen LogP contribution is -2.47. The van der Waals surface area contributed by atoms with Crippen LogP contribution in [0.15, 0.2) is 53.1 Å². The molecule has 164 valence electrons. The maximum Gasteiger partial charge on any atom is 0.269 e. The largest absolute Gasteiger partial charge is 0.497 e. The Bertz CT molecular complexity index is 1140. The predicted octanol–water partition coefficient (Wildman–Crippen LogP) is 3.83. The van der Waals surface area contributed by atoms with Crippen molar-refractivity contribution in [2.24, 2.45) is 0 Å². The van der Waals surface area contributed by atoms with Crippen LogP contribution < -0.4 is 14.4 Å². The molecule has 0 radical (unpaired) electrons. The number of nitrogens with zero attached hydrogens (tertiary/aromatic N) is 4. The first-order valence-electron chi connectivity index (χ1n) is 9.75. The van der Waals surface area contributed by atoms with E-state index in [1.54, 1.807) is 37.3 Å². The molecular formula is C22H20N4O5S. The van der Waals surface area contributed by atoms with Gasteiger partial charge in [-0.05, 0) is 17.7 Å². The van der Waals surface area contributed by atoms with E-state index in [1.807, 2.05) is 17.0 Å². The van der Waals surface area contributed by atoms with Crippen LogP contribution in [0, 0.1) is 21.4 Å². The zero-order valence-corrected chi connectivity index (χ0v) is 18.3. The van der Waals surface area contributed by atoms with Gasteiger partial charge in [0.1, 0.15) is 11.5 Å². The number of ether oxygens (including phenoxy) is 2. The third kappa shape index (κ3) is 3.83. The molecule has 0 N–H and O–H groups in total. The first-order chi connectivity index (χ1) is 15.5. The Hall–Kier alpha value is -3.71. The van der Waals surface area contributed by atoms with Crippen LogP contribution in [0.1, 0.15) is 17.9 Å². The molecule has 1 fully saturated rings. The minimum atomic E-state index is -0.472. The number of methoxy groups -OCH3 is 2. The molecular weight excluding hydrogens is 432 g/mol. The van der Waals surface area contributed by atoms with E-state index in [0.717, 1.165) is 5.69 Å². The van der Waals surface area contributed by atoms with E-state index in [-0.39, 0.29) is 18.0 Å². The van der Waals surface area contributed by atoms with Crippen LogP contribution in [-0.2, 0) is 4.79 Å². The van der Waals surface area contributed by atoms with Crippen molar-refractivity contribution in [1.29, 1.82) is 5.26 Å². The molecule has 0 aromatic heterocycles. The van der Waals surface area contributed by atoms with Gasteiger partial charge in [-0.15, -0.1) is 0 Å². The summed E-state index contributed by atoms with van der Waals surface area (Å²) in [5.74, 6) is 1.30. The molecule has 2 heterocycles. The maximum absolute atomic E-state index is 13.1. The molecule has 9 nitrogen and oxygen atoms in total. The zero-order chi connectivity index (χ0) is 22.8. The second-order valence-electron chi connectivity index (χ2n) is 7.25. The van der Waals surface area contributed by atoms with Crippen LogP contribution in [0.25, 0.3) is 0 Å². The van der Waals surface area contributed by atoms with E-state index in [4.69, 9.17) is 9.47 Å². The van der Waals surface area contributed by atoms with Gasteiger partial charge in [-0.2, -0.15) is 5.26 Å². The summed E-state index contributed by atoms with van der Waals surface area (Å²) in [6.07, 6.45) is 0.123. The molecule has 2 aliphatic rings. The molecule has 2 aromatic rings. The van der Waals surface area contributed by atoms with E-state index >= 15 is 0 Å². The Morgan fingerprint density at radius 2 is 1.94 bits per heavy atom. The fourth-order valence-corrected chi connectivity index (χ4v) is 5.03. The van der Waals surface area contributed by atoms with E-state index in [2.05, 4.69) is 6.07 Å². The van der Waals surface area contributed by atoms with Gasteiger partial charge >= 0.3 is 0 Å². The quantitative estimate of drug-likeness (QED) is 0.497. The standard InChI is InChI=1S/C22H20N4O5S/c1-30-16-7-8-19(20(9-16)31-2)24-12-25-21(27)10-17(18(11-23)22(25)32-13-24)14-3-5-15(6-4-14)26(28)29/h3-9,17H,10,12-13H2,1-2H3/t17-/m0/s1. The highest BCUT2D eigenvalue weighted by Crippen LogP contribution is 2.44. The summed E-state index contributed by atoms with van der Waals surface area (Å²) in [5.41, 5.74) is 2.01. The van der Waals surface area contributed by atoms with Gasteiger partial charge in [0.05, 0.1) is 54.0 Å². The summed E-state index contributed by atoms with van der Waals surface area (Å²) >= 11 is 1.42. The molecule has 0 unspecified atom stereocenters. The minimum absolute atomic E-state index is 0.0280. The summed E-state index contributed by atoms with van der Waals surface area (Å²) in [6, 6.07) is 13.8. The summed E-state index contributed by atoms with van der Waals surface area (Å²) in [7, 11) is 3.16. The molecule has 32 heavy (non-hydrogen) atoms. The number of nitro benzene ring substituents is 1. The molecule has 0 spiro atoms. The number of thioether (sulfide) groups is 1. The van der Waals surface area contributed by atoms with E-state index in [9.17, 15) is 20.2 Å². The summed E-state index contributed by atoms with van der Waals surface area (Å²) in [4.78, 5) is 27.2. The number of carbonyl (C=O) groups excluding carboxylic acids is 1. The fourth-order valence-electron chi connectivity index (χ4n) is 3.87. The number of hydrogen-bond acceptors (Lipinski definition) is 8. The number of nitriles is 1. The first kappa shape index (κ1) is 21.5. The number of hydrogen-bond donors (Lipinski definition) is 0. The number of amides is 1. The highest BCUT2D eigenvalue weighted by Gasteiger charge is 2.38. The molecule has 2 aliphatic heterocycles. The molecule has 1 atom stereocenters. The first-order valence-corrected chi connectivity index (χ1v) is 10.7. The van der Waals surface area contributed by atoms with Crippen molar-refractivity contribution in [3.8, 4) is 17.6 Å². The zero-order valence-electron chi connectivity index (χ0n) is 17.5. The van der Waals surface area contributed by atoms with Crippen LogP contribution >= 0.6 is 11.8 Å². The summed E-state index contributed by atoms with van der Waals surface area (Å²) in [6.45, 7) is 0.294. The Kier molecular flexibility index (Phi) is 5.92. The van der Waals surface area contributed by atoms with Gasteiger partial charge in [0.2, 0.25) is 5.91 Å². The predicted molar refractivity (Wildman–Crippen MR) is 119 cm³/mol. The van der Waals surface area contributed by atoms with Gasteiger partial charge in [-0.1, -0.05) is 23.9 Å². The van der Waals surface area contributed by atoms with Gasteiger partial charge in [0, 0.05) is 30.5 Å². The van der Waals surface area contributed by atoms with Crippen molar-refractivity contribution in [2.75, 3.05) is 31.7 Å². The van der Waals surface area contributed by atoms with Gasteiger partial charge in [0.25, 0.3) is 5.69 Å². The lowest BCUT2D eigenvalue weighted by molar-refractivity contribution is -0.384. The molecule has 0 saturated carbocycles. The highest BCUT2D eigenvalue weighted by atomic mass is 32.2. The van der Waals surface area contributed by atoms with Crippen LogP contribution in [-0.4, -0.2) is 42.5 Å². The third-order valence-electron chi connectivity index (χ3n) is 5.53. The average Bonchev–Trinajstić information content (AvgIpc) is 2.83. The normalized spacial score (nSPS) is 18.2. The topological polar surface area (TPSA) is 109 Å². The summed E-state index contributed by atoms with van der Waals surface area (Å²) < 4.78 is 10.8. The molecule has 2 aromatic carbocycles. The number of anilines is 1. The van der Waals surface area contributed by atoms with Crippen molar-refractivity contribution in [1.82, 2.24) is 4.90 Å². The van der Waals surface area contributed by atoms with Crippen molar-refractivity contribution >= 4 is 29.0 Å². The molecule has 1 saturated heterocycles. The molecule has 4 rings (SSSR count). The highest BCUT2D eigenvalue weighted by molar-refractivity contribution is 8.03. The smallest absolute Gasteiger partial charge is 0.269 e. The van der Waals surface area contributed by atoms with Crippen LogP contribution in [0.3, 0.4) is 0 Å². The third-order valence-corrected chi connectivity index (χ3v) is 6.68. The lowest BCUT2D eigenvalue weighted by Gasteiger charge is -2.42. The Morgan fingerprint density at radius 1 is 1.19 bits per heavy atom. The average molecular weight is 452 g/mol. The van der Waals surface area contributed by atoms with Crippen molar-refractivity contribution in [3.05, 3.63) is 68.7 Å². The van der Waals surface area contributed by atoms with Gasteiger partial charge in [0.15, 0.2) is 0 Å². The fraction of sp³-hybridized carbons (Fsp3) is 0.273. The van der Waals surface area contributed by atoms with E-state index in [1.165, 1.54) is 23.9 Å². The maximum atomic E-state index is 13.1. The van der Waals surface area contributed by atoms with Gasteiger partial charge < -0.3 is 14.4 Å². The number of benzene rings is 2. The van der Waals surface area contributed by atoms with Gasteiger partial charge in [-0.3, -0.25) is 19.8 Å². The van der Waals surface area contributed by atoms with Crippen LogP contribution in [0.5, 0.6) is 11.5 Å². The Morgan fingerprint density at radius 3 is 2.56 bits per heavy atom. The van der Waals surface area contributed by atoms with Crippen molar-refractivity contribution in [2.45, 2.75) is 12.3 Å². The monoisotopic (exact) mass is 452 g/mol. The second-order valence-corrected chi connectivity index (χ2v) is 8.18. The van der Waals surface area contributed by atoms with Crippen molar-refractivity contribution < 1.29 is 19.2 Å². The number of non-ortho nitro benzene ring substituents is 1. The number of fused-ring (bicyclic) bond motifs is 1. The molecule has 1 amide bonds. The Balaban J connectivity index is 1.64. The number of nitro groups is 1. The van der Waals surface area contributed by atoms with Gasteiger partial charge in [-0.25, -0.2) is 0 Å². The summed E-state index contributed by atoms with van der Waals surface area (Å²) in [5, 5.41) is 21.5. The minimum Gasteiger partial charge on any atom is -0.497 e. The number of carbonyl (C=O) groups is 1.